The van der Waals surface area contributed by atoms with Crippen molar-refractivity contribution in [1.29, 1.82) is 0 Å². The number of epoxide rings is 1. The van der Waals surface area contributed by atoms with Gasteiger partial charge in [0.1, 0.15) is 23.5 Å². The molecule has 2 aliphatic rings. The van der Waals surface area contributed by atoms with Gasteiger partial charge in [0.15, 0.2) is 11.7 Å². The summed E-state index contributed by atoms with van der Waals surface area (Å²) in [5, 5.41) is 6.09. The van der Waals surface area contributed by atoms with Crippen LogP contribution in [0.25, 0.3) is 10.4 Å². The molecule has 11 heteroatoms. The third-order valence-corrected chi connectivity index (χ3v) is 7.15. The maximum atomic E-state index is 14.2. The third-order valence-electron chi connectivity index (χ3n) is 5.95. The SMILES string of the molecule is CC1OC1NCCNC(=O)c1ccc2c(c1)OCCc1cc(C(N=CN)=Nc3ccc(F)cc3F)sc1-2. The second-order valence-electron chi connectivity index (χ2n) is 8.56. The summed E-state index contributed by atoms with van der Waals surface area (Å²) in [5.41, 5.74) is 7.83. The smallest absolute Gasteiger partial charge is 0.251 e. The fourth-order valence-corrected chi connectivity index (χ4v) is 5.17. The molecule has 1 saturated heterocycles. The number of hydrogen-bond acceptors (Lipinski definition) is 6. The Morgan fingerprint density at radius 2 is 2.05 bits per heavy atom. The second-order valence-corrected chi connectivity index (χ2v) is 9.61. The van der Waals surface area contributed by atoms with Gasteiger partial charge in [0.2, 0.25) is 0 Å². The van der Waals surface area contributed by atoms with Gasteiger partial charge < -0.3 is 20.5 Å². The predicted molar refractivity (Wildman–Crippen MR) is 139 cm³/mol. The summed E-state index contributed by atoms with van der Waals surface area (Å²) >= 11 is 1.41. The number of ether oxygens (including phenoxy) is 2. The van der Waals surface area contributed by atoms with Crippen LogP contribution in [0.5, 0.6) is 5.75 Å². The zero-order valence-electron chi connectivity index (χ0n) is 20.0. The number of benzene rings is 2. The number of carbonyl (C=O) groups excluding carboxylic acids is 1. The number of nitrogens with one attached hydrogen (secondary N) is 2. The molecule has 8 nitrogen and oxygen atoms in total. The fourth-order valence-electron chi connectivity index (χ4n) is 3.99. The molecular formula is C26H25F2N5O3S. The van der Waals surface area contributed by atoms with Gasteiger partial charge in [-0.1, -0.05) is 0 Å². The van der Waals surface area contributed by atoms with Gasteiger partial charge in [0.25, 0.3) is 5.91 Å². The lowest BCUT2D eigenvalue weighted by molar-refractivity contribution is 0.0953. The summed E-state index contributed by atoms with van der Waals surface area (Å²) in [6, 6.07) is 10.4. The molecule has 0 aliphatic carbocycles. The number of nitrogens with zero attached hydrogens (tertiary/aromatic N) is 2. The van der Waals surface area contributed by atoms with Crippen LogP contribution < -0.4 is 21.1 Å². The van der Waals surface area contributed by atoms with E-state index in [9.17, 15) is 13.6 Å². The van der Waals surface area contributed by atoms with E-state index in [4.69, 9.17) is 15.2 Å². The summed E-state index contributed by atoms with van der Waals surface area (Å²) in [6.45, 7) is 3.49. The Morgan fingerprint density at radius 1 is 1.22 bits per heavy atom. The zero-order chi connectivity index (χ0) is 25.9. The van der Waals surface area contributed by atoms with Crippen LogP contribution in [0.1, 0.15) is 27.7 Å². The lowest BCUT2D eigenvalue weighted by atomic mass is 10.0. The van der Waals surface area contributed by atoms with E-state index in [1.54, 1.807) is 12.1 Å². The molecule has 0 spiro atoms. The monoisotopic (exact) mass is 525 g/mol. The molecule has 37 heavy (non-hydrogen) atoms. The normalized spacial score (nSPS) is 18.6. The summed E-state index contributed by atoms with van der Waals surface area (Å²) in [6.07, 6.45) is 1.99. The molecule has 2 atom stereocenters. The van der Waals surface area contributed by atoms with Gasteiger partial charge in [-0.3, -0.25) is 10.1 Å². The lowest BCUT2D eigenvalue weighted by Crippen LogP contribution is -2.33. The van der Waals surface area contributed by atoms with Gasteiger partial charge in [-0.15, -0.1) is 11.3 Å². The summed E-state index contributed by atoms with van der Waals surface area (Å²) < 4.78 is 38.8. The van der Waals surface area contributed by atoms with Crippen molar-refractivity contribution in [2.75, 3.05) is 19.7 Å². The van der Waals surface area contributed by atoms with Crippen LogP contribution in [0.15, 0.2) is 52.4 Å². The molecule has 1 amide bonds. The summed E-state index contributed by atoms with van der Waals surface area (Å²) in [7, 11) is 0. The van der Waals surface area contributed by atoms with Gasteiger partial charge >= 0.3 is 0 Å². The van der Waals surface area contributed by atoms with E-state index in [-0.39, 0.29) is 29.8 Å². The lowest BCUT2D eigenvalue weighted by Gasteiger charge is -2.10. The molecule has 1 aromatic heterocycles. The molecule has 2 aromatic carbocycles. The first-order chi connectivity index (χ1) is 17.9. The maximum Gasteiger partial charge on any atom is 0.251 e. The fraction of sp³-hybridized carbons (Fsp3) is 0.269. The van der Waals surface area contributed by atoms with Crippen LogP contribution in [0.2, 0.25) is 0 Å². The van der Waals surface area contributed by atoms with Gasteiger partial charge in [-0.05, 0) is 48.9 Å². The average Bonchev–Trinajstić information content (AvgIpc) is 3.48. The van der Waals surface area contributed by atoms with E-state index in [2.05, 4.69) is 20.6 Å². The van der Waals surface area contributed by atoms with E-state index in [1.807, 2.05) is 19.1 Å². The van der Waals surface area contributed by atoms with Crippen molar-refractivity contribution in [2.24, 2.45) is 15.7 Å². The number of thiophene rings is 1. The molecule has 3 heterocycles. The minimum absolute atomic E-state index is 0.0423. The van der Waals surface area contributed by atoms with E-state index in [0.29, 0.717) is 42.3 Å². The van der Waals surface area contributed by atoms with Crippen LogP contribution >= 0.6 is 11.3 Å². The molecule has 4 N–H and O–H groups in total. The largest absolute Gasteiger partial charge is 0.493 e. The molecule has 1 fully saturated rings. The minimum Gasteiger partial charge on any atom is -0.493 e. The van der Waals surface area contributed by atoms with Crippen LogP contribution in [0.3, 0.4) is 0 Å². The van der Waals surface area contributed by atoms with Crippen molar-refractivity contribution in [3.05, 3.63) is 70.1 Å². The molecule has 3 aromatic rings. The van der Waals surface area contributed by atoms with Gasteiger partial charge in [-0.2, -0.15) is 0 Å². The van der Waals surface area contributed by atoms with Crippen molar-refractivity contribution in [3.63, 3.8) is 0 Å². The number of aliphatic imine (C=N–C) groups is 2. The van der Waals surface area contributed by atoms with E-state index >= 15 is 0 Å². The van der Waals surface area contributed by atoms with E-state index in [1.165, 1.54) is 17.4 Å². The number of fused-ring (bicyclic) bond motifs is 3. The maximum absolute atomic E-state index is 14.2. The summed E-state index contributed by atoms with van der Waals surface area (Å²) in [5.74, 6) is -0.861. The Morgan fingerprint density at radius 3 is 2.81 bits per heavy atom. The quantitative estimate of drug-likeness (QED) is 0.188. The first-order valence-electron chi connectivity index (χ1n) is 11.8. The molecule has 0 bridgehead atoms. The number of amides is 1. The highest BCUT2D eigenvalue weighted by Gasteiger charge is 2.33. The Bertz CT molecular complexity index is 1390. The number of rotatable bonds is 7. The highest BCUT2D eigenvalue weighted by Crippen LogP contribution is 2.41. The number of nitrogens with two attached hydrogens (primary N) is 1. The molecule has 2 unspecified atom stereocenters. The van der Waals surface area contributed by atoms with Crippen LogP contribution in [0.4, 0.5) is 14.5 Å². The predicted octanol–water partition coefficient (Wildman–Crippen LogP) is 3.76. The Hall–Kier alpha value is -3.67. The zero-order valence-corrected chi connectivity index (χ0v) is 20.8. The topological polar surface area (TPSA) is 114 Å². The molecule has 192 valence electrons. The van der Waals surface area contributed by atoms with Gasteiger partial charge in [0, 0.05) is 41.6 Å². The Balaban J connectivity index is 1.38. The average molecular weight is 526 g/mol. The van der Waals surface area contributed by atoms with Crippen LogP contribution in [0, 0.1) is 11.6 Å². The van der Waals surface area contributed by atoms with Crippen molar-refractivity contribution >= 4 is 35.1 Å². The van der Waals surface area contributed by atoms with Crippen LogP contribution in [-0.4, -0.2) is 50.1 Å². The summed E-state index contributed by atoms with van der Waals surface area (Å²) in [4.78, 5) is 22.7. The minimum atomic E-state index is -0.793. The highest BCUT2D eigenvalue weighted by molar-refractivity contribution is 7.17. The molecule has 0 saturated carbocycles. The number of amidine groups is 1. The number of hydrogen-bond donors (Lipinski definition) is 3. The van der Waals surface area contributed by atoms with Crippen molar-refractivity contribution < 1.29 is 23.0 Å². The molecular weight excluding hydrogens is 500 g/mol. The Kier molecular flexibility index (Phi) is 7.26. The van der Waals surface area contributed by atoms with Crippen molar-refractivity contribution in [2.45, 2.75) is 25.7 Å². The number of carbonyl (C=O) groups is 1. The number of halogens is 2. The van der Waals surface area contributed by atoms with Gasteiger partial charge in [-0.25, -0.2) is 18.8 Å². The molecule has 0 radical (unpaired) electrons. The standard InChI is InChI=1S/C26H25F2N5O3S/c1-14-26(36-14)31-8-7-30-25(34)16-2-4-18-21(10-16)35-9-6-15-11-22(37-23(15)18)24(32-13-29)33-20-5-3-17(27)12-19(20)28/h2-5,10-14,26,31H,6-9H2,1H3,(H,30,34)(H2,29,32,33). The van der Waals surface area contributed by atoms with Crippen molar-refractivity contribution in [1.82, 2.24) is 10.6 Å². The van der Waals surface area contributed by atoms with Gasteiger partial charge in [0.05, 0.1) is 23.9 Å². The second kappa shape index (κ2) is 10.8. The third kappa shape index (κ3) is 5.68. The van der Waals surface area contributed by atoms with Crippen LogP contribution in [-0.2, 0) is 11.2 Å². The van der Waals surface area contributed by atoms with E-state index < -0.39 is 11.6 Å². The van der Waals surface area contributed by atoms with Crippen molar-refractivity contribution in [3.8, 4) is 16.2 Å². The molecule has 5 rings (SSSR count). The Labute approximate surface area is 216 Å². The van der Waals surface area contributed by atoms with E-state index in [0.717, 1.165) is 34.5 Å². The highest BCUT2D eigenvalue weighted by atomic mass is 32.1. The molecule has 2 aliphatic heterocycles. The first kappa shape index (κ1) is 25.0. The first-order valence-corrected chi connectivity index (χ1v) is 12.6.